The summed E-state index contributed by atoms with van der Waals surface area (Å²) in [7, 11) is -0.710. The lowest BCUT2D eigenvalue weighted by molar-refractivity contribution is -0.150. The van der Waals surface area contributed by atoms with E-state index in [0.29, 0.717) is 40.0 Å². The van der Waals surface area contributed by atoms with Gasteiger partial charge in [0.15, 0.2) is 0 Å². The van der Waals surface area contributed by atoms with Crippen molar-refractivity contribution in [3.05, 3.63) is 82.5 Å². The van der Waals surface area contributed by atoms with E-state index in [4.69, 9.17) is 15.8 Å². The number of nitrogens with zero attached hydrogens (tertiary/aromatic N) is 7. The standard InChI is InChI=1S/C30H32ClN9O6S/c1-17-32-12-11-24(34-17)37-29-33-14-21(31)26(38-29)18-9-10-19-15-40(27(42)20(19)13-18)30(2,46-47(5,44)45)28(43)36-23(16-41)22-7-6-8-25(35-22)39(3)4/h6-14,23,41H,15-16H2,1-5H3,(H,36,43)(H,32,33,34,37,38)/t23-,30-/m1/s1. The number of aliphatic hydroxyl groups excluding tert-OH is 1. The Hall–Kier alpha value is -4.77. The number of rotatable bonds is 11. The number of hydrogen-bond donors (Lipinski definition) is 3. The first-order chi connectivity index (χ1) is 22.2. The molecular weight excluding hydrogens is 650 g/mol. The third-order valence-corrected chi connectivity index (χ3v) is 8.16. The van der Waals surface area contributed by atoms with Crippen molar-refractivity contribution in [3.8, 4) is 11.3 Å². The molecule has 1 aromatic carbocycles. The topological polar surface area (TPSA) is 193 Å². The van der Waals surface area contributed by atoms with Crippen molar-refractivity contribution >= 4 is 51.1 Å². The first kappa shape index (κ1) is 33.6. The highest BCUT2D eigenvalue weighted by Crippen LogP contribution is 2.36. The smallest absolute Gasteiger partial charge is 0.275 e. The molecule has 0 spiro atoms. The second-order valence-corrected chi connectivity index (χ2v) is 13.0. The van der Waals surface area contributed by atoms with Crippen LogP contribution < -0.4 is 15.5 Å². The van der Waals surface area contributed by atoms with Crippen LogP contribution in [0.1, 0.15) is 40.4 Å². The monoisotopic (exact) mass is 681 g/mol. The minimum Gasteiger partial charge on any atom is -0.394 e. The lowest BCUT2D eigenvalue weighted by Gasteiger charge is -2.36. The molecule has 3 aromatic heterocycles. The van der Waals surface area contributed by atoms with Crippen LogP contribution in [-0.4, -0.2) is 87.8 Å². The van der Waals surface area contributed by atoms with Crippen LogP contribution in [0, 0.1) is 6.92 Å². The molecule has 0 unspecified atom stereocenters. The van der Waals surface area contributed by atoms with Crippen LogP contribution in [0.2, 0.25) is 5.02 Å². The molecule has 0 aliphatic carbocycles. The Morgan fingerprint density at radius 3 is 2.62 bits per heavy atom. The number of halogens is 1. The molecule has 2 atom stereocenters. The maximum absolute atomic E-state index is 13.9. The van der Waals surface area contributed by atoms with Gasteiger partial charge in [0.25, 0.3) is 21.9 Å². The van der Waals surface area contributed by atoms with Gasteiger partial charge in [-0.1, -0.05) is 29.8 Å². The molecule has 4 heterocycles. The number of aryl methyl sites for hydroxylation is 1. The number of fused-ring (bicyclic) bond motifs is 1. The van der Waals surface area contributed by atoms with E-state index in [0.717, 1.165) is 11.2 Å². The average Bonchev–Trinajstić information content (AvgIpc) is 3.36. The molecule has 0 bridgehead atoms. The number of nitrogens with one attached hydrogen (secondary N) is 2. The quantitative estimate of drug-likeness (QED) is 0.196. The van der Waals surface area contributed by atoms with Crippen LogP contribution >= 0.6 is 11.6 Å². The van der Waals surface area contributed by atoms with E-state index in [1.807, 2.05) is 0 Å². The average molecular weight is 682 g/mol. The van der Waals surface area contributed by atoms with Crippen LogP contribution in [0.3, 0.4) is 0 Å². The summed E-state index contributed by atoms with van der Waals surface area (Å²) >= 11 is 6.46. The molecule has 1 aliphatic rings. The van der Waals surface area contributed by atoms with E-state index in [-0.39, 0.29) is 23.1 Å². The lowest BCUT2D eigenvalue weighted by Crippen LogP contribution is -2.60. The Labute approximate surface area is 276 Å². The van der Waals surface area contributed by atoms with Gasteiger partial charge in [0.1, 0.15) is 17.5 Å². The minimum absolute atomic E-state index is 0.149. The molecule has 0 fully saturated rings. The molecular formula is C30H32ClN9O6S. The molecule has 4 aromatic rings. The van der Waals surface area contributed by atoms with Crippen LogP contribution in [0.4, 0.5) is 17.6 Å². The summed E-state index contributed by atoms with van der Waals surface area (Å²) < 4.78 is 30.2. The molecule has 0 radical (unpaired) electrons. The zero-order valence-corrected chi connectivity index (χ0v) is 27.7. The fourth-order valence-electron chi connectivity index (χ4n) is 4.95. The molecule has 5 rings (SSSR count). The van der Waals surface area contributed by atoms with Gasteiger partial charge in [-0.25, -0.2) is 29.1 Å². The van der Waals surface area contributed by atoms with Gasteiger partial charge in [0.2, 0.25) is 11.7 Å². The number of hydrogen-bond acceptors (Lipinski definition) is 13. The summed E-state index contributed by atoms with van der Waals surface area (Å²) in [6, 6.07) is 10.6. The summed E-state index contributed by atoms with van der Waals surface area (Å²) in [4.78, 5) is 52.0. The van der Waals surface area contributed by atoms with Crippen molar-refractivity contribution in [1.82, 2.24) is 35.1 Å². The predicted molar refractivity (Wildman–Crippen MR) is 173 cm³/mol. The maximum atomic E-state index is 13.9. The third kappa shape index (κ3) is 7.30. The number of pyridine rings is 1. The third-order valence-electron chi connectivity index (χ3n) is 7.26. The lowest BCUT2D eigenvalue weighted by atomic mass is 10.0. The van der Waals surface area contributed by atoms with Gasteiger partial charge in [-0.3, -0.25) is 14.5 Å². The van der Waals surface area contributed by atoms with Gasteiger partial charge in [-0.2, -0.15) is 8.42 Å². The molecule has 2 amide bonds. The van der Waals surface area contributed by atoms with Gasteiger partial charge < -0.3 is 20.6 Å². The Kier molecular flexibility index (Phi) is 9.40. The first-order valence-corrected chi connectivity index (χ1v) is 16.4. The Morgan fingerprint density at radius 2 is 1.94 bits per heavy atom. The van der Waals surface area contributed by atoms with E-state index in [9.17, 15) is 23.1 Å². The number of carbonyl (C=O) groups is 2. The van der Waals surface area contributed by atoms with E-state index < -0.39 is 40.3 Å². The summed E-state index contributed by atoms with van der Waals surface area (Å²) in [5.41, 5.74) is -0.539. The van der Waals surface area contributed by atoms with Gasteiger partial charge >= 0.3 is 0 Å². The first-order valence-electron chi connectivity index (χ1n) is 14.2. The fraction of sp³-hybridized carbons (Fsp3) is 0.300. The zero-order valence-electron chi connectivity index (χ0n) is 26.1. The Bertz CT molecular complexity index is 1960. The van der Waals surface area contributed by atoms with Crippen LogP contribution in [0.15, 0.2) is 54.9 Å². The van der Waals surface area contributed by atoms with E-state index in [1.54, 1.807) is 74.6 Å². The molecule has 246 valence electrons. The molecule has 3 N–H and O–H groups in total. The SMILES string of the molecule is Cc1nccc(Nc2ncc(Cl)c(-c3ccc4c(c3)C(=O)N([C@](C)(OS(C)(=O)=O)C(=O)N[C@H](CO)c3cccc(N(C)C)n3)C4)n2)n1. The molecule has 17 heteroatoms. The normalized spacial score (nSPS) is 14.7. The van der Waals surface area contributed by atoms with Crippen LogP contribution in [0.5, 0.6) is 0 Å². The molecule has 1 aliphatic heterocycles. The molecule has 0 saturated carbocycles. The number of aromatic nitrogens is 5. The molecule has 0 saturated heterocycles. The van der Waals surface area contributed by atoms with Crippen molar-refractivity contribution in [2.24, 2.45) is 0 Å². The Balaban J connectivity index is 1.45. The summed E-state index contributed by atoms with van der Waals surface area (Å²) in [5.74, 6) is 0.145. The van der Waals surface area contributed by atoms with Gasteiger partial charge in [-0.05, 0) is 43.7 Å². The molecule has 15 nitrogen and oxygen atoms in total. The number of aliphatic hydroxyl groups is 1. The highest BCUT2D eigenvalue weighted by Gasteiger charge is 2.50. The van der Waals surface area contributed by atoms with Crippen molar-refractivity contribution in [1.29, 1.82) is 0 Å². The van der Waals surface area contributed by atoms with Crippen molar-refractivity contribution in [2.45, 2.75) is 32.2 Å². The van der Waals surface area contributed by atoms with Gasteiger partial charge in [-0.15, -0.1) is 0 Å². The number of benzene rings is 1. The predicted octanol–water partition coefficient (Wildman–Crippen LogP) is 2.60. The minimum atomic E-state index is -4.28. The van der Waals surface area contributed by atoms with Crippen molar-refractivity contribution < 1.29 is 27.3 Å². The van der Waals surface area contributed by atoms with E-state index in [1.165, 1.54) is 13.1 Å². The van der Waals surface area contributed by atoms with Gasteiger partial charge in [0, 0.05) is 31.4 Å². The number of amides is 2. The highest BCUT2D eigenvalue weighted by atomic mass is 35.5. The van der Waals surface area contributed by atoms with Crippen molar-refractivity contribution in [3.63, 3.8) is 0 Å². The summed E-state index contributed by atoms with van der Waals surface area (Å²) in [6.45, 7) is 2.21. The van der Waals surface area contributed by atoms with E-state index >= 15 is 0 Å². The zero-order chi connectivity index (χ0) is 34.1. The largest absolute Gasteiger partial charge is 0.394 e. The second-order valence-electron chi connectivity index (χ2n) is 11.1. The van der Waals surface area contributed by atoms with Crippen molar-refractivity contribution in [2.75, 3.05) is 37.2 Å². The van der Waals surface area contributed by atoms with Crippen LogP contribution in [0.25, 0.3) is 11.3 Å². The number of anilines is 3. The van der Waals surface area contributed by atoms with Gasteiger partial charge in [0.05, 0.1) is 48.1 Å². The number of carbonyl (C=O) groups excluding carboxylic acids is 2. The maximum Gasteiger partial charge on any atom is 0.275 e. The summed E-state index contributed by atoms with van der Waals surface area (Å²) in [6.07, 6.45) is 3.77. The van der Waals surface area contributed by atoms with Crippen LogP contribution in [-0.2, 0) is 25.6 Å². The fourth-order valence-corrected chi connectivity index (χ4v) is 5.91. The summed E-state index contributed by atoms with van der Waals surface area (Å²) in [5, 5.41) is 16.0. The highest BCUT2D eigenvalue weighted by molar-refractivity contribution is 7.86. The Morgan fingerprint density at radius 1 is 1.17 bits per heavy atom. The molecule has 47 heavy (non-hydrogen) atoms. The van der Waals surface area contributed by atoms with E-state index in [2.05, 4.69) is 35.6 Å². The second kappa shape index (κ2) is 13.2.